The molecular weight excluding hydrogens is 312 g/mol. The molecular formula is C17H16N2O3S. The van der Waals surface area contributed by atoms with E-state index < -0.39 is 0 Å². The van der Waals surface area contributed by atoms with Crippen LogP contribution in [-0.2, 0) is 0 Å². The van der Waals surface area contributed by atoms with Gasteiger partial charge in [-0.15, -0.1) is 0 Å². The van der Waals surface area contributed by atoms with Crippen LogP contribution in [0, 0.1) is 6.92 Å². The van der Waals surface area contributed by atoms with E-state index in [1.54, 1.807) is 18.2 Å². The van der Waals surface area contributed by atoms with Crippen molar-refractivity contribution in [2.45, 2.75) is 6.92 Å². The van der Waals surface area contributed by atoms with E-state index in [0.717, 1.165) is 15.8 Å². The number of aryl methyl sites for hydroxylation is 1. The first-order chi connectivity index (χ1) is 11.1. The molecule has 6 heteroatoms. The van der Waals surface area contributed by atoms with Gasteiger partial charge >= 0.3 is 0 Å². The molecule has 118 valence electrons. The number of carbonyl (C=O) groups is 1. The predicted molar refractivity (Wildman–Crippen MR) is 91.9 cm³/mol. The summed E-state index contributed by atoms with van der Waals surface area (Å²) >= 11 is 1.44. The minimum atomic E-state index is -0.310. The zero-order chi connectivity index (χ0) is 16.4. The van der Waals surface area contributed by atoms with E-state index in [0.29, 0.717) is 22.2 Å². The number of hydrogen-bond acceptors (Lipinski definition) is 5. The maximum absolute atomic E-state index is 12.6. The average Bonchev–Trinajstić information content (AvgIpc) is 2.94. The fourth-order valence-corrected chi connectivity index (χ4v) is 3.28. The normalized spacial score (nSPS) is 10.6. The van der Waals surface area contributed by atoms with Crippen LogP contribution in [0.3, 0.4) is 0 Å². The van der Waals surface area contributed by atoms with Crippen LogP contribution in [-0.4, -0.2) is 25.1 Å². The first kappa shape index (κ1) is 15.3. The third-order valence-electron chi connectivity index (χ3n) is 3.42. The second kappa shape index (κ2) is 6.26. The summed E-state index contributed by atoms with van der Waals surface area (Å²) in [6.45, 7) is 2.02. The van der Waals surface area contributed by atoms with Gasteiger partial charge in [-0.2, -0.15) is 0 Å². The molecule has 23 heavy (non-hydrogen) atoms. The van der Waals surface area contributed by atoms with Gasteiger partial charge in [0.25, 0.3) is 5.91 Å². The van der Waals surface area contributed by atoms with Crippen LogP contribution in [0.25, 0.3) is 10.2 Å². The maximum atomic E-state index is 12.6. The highest BCUT2D eigenvalue weighted by Gasteiger charge is 2.19. The molecule has 3 aromatic rings. The van der Waals surface area contributed by atoms with Crippen LogP contribution >= 0.6 is 11.3 Å². The van der Waals surface area contributed by atoms with Crippen molar-refractivity contribution in [3.63, 3.8) is 0 Å². The molecule has 0 aliphatic heterocycles. The number of ether oxygens (including phenoxy) is 2. The number of anilines is 1. The van der Waals surface area contributed by atoms with Crippen LogP contribution in [0.15, 0.2) is 36.4 Å². The number of benzene rings is 2. The molecule has 0 unspecified atom stereocenters. The van der Waals surface area contributed by atoms with Gasteiger partial charge < -0.3 is 9.47 Å². The zero-order valence-corrected chi connectivity index (χ0v) is 13.9. The van der Waals surface area contributed by atoms with Crippen LogP contribution < -0.4 is 14.8 Å². The summed E-state index contributed by atoms with van der Waals surface area (Å²) in [6, 6.07) is 11.2. The van der Waals surface area contributed by atoms with Crippen LogP contribution in [0.4, 0.5) is 5.13 Å². The van der Waals surface area contributed by atoms with Crippen LogP contribution in [0.2, 0.25) is 0 Å². The fraction of sp³-hybridized carbons (Fsp3) is 0.176. The molecule has 1 heterocycles. The molecule has 5 nitrogen and oxygen atoms in total. The molecule has 0 spiro atoms. The smallest absolute Gasteiger partial charge is 0.265 e. The fourth-order valence-electron chi connectivity index (χ4n) is 2.32. The first-order valence-electron chi connectivity index (χ1n) is 7.02. The Morgan fingerprint density at radius 3 is 2.48 bits per heavy atom. The molecule has 1 N–H and O–H groups in total. The number of fused-ring (bicyclic) bond motifs is 1. The van der Waals surface area contributed by atoms with E-state index in [1.165, 1.54) is 25.6 Å². The predicted octanol–water partition coefficient (Wildman–Crippen LogP) is 3.87. The lowest BCUT2D eigenvalue weighted by Gasteiger charge is -2.11. The number of amides is 1. The molecule has 0 aliphatic carbocycles. The van der Waals surface area contributed by atoms with Crippen molar-refractivity contribution in [2.75, 3.05) is 19.5 Å². The standard InChI is InChI=1S/C17H16N2O3S/c1-10-7-8-11-14(9-10)23-17(18-11)19-16(20)15-12(21-2)5-4-6-13(15)22-3/h4-9H,1-3H3,(H,18,19,20). The molecule has 1 aromatic heterocycles. The van der Waals surface area contributed by atoms with Gasteiger partial charge in [0.2, 0.25) is 0 Å². The Bertz CT molecular complexity index is 851. The van der Waals surface area contributed by atoms with Gasteiger partial charge in [-0.3, -0.25) is 10.1 Å². The van der Waals surface area contributed by atoms with E-state index in [-0.39, 0.29) is 5.91 Å². The first-order valence-corrected chi connectivity index (χ1v) is 7.83. The lowest BCUT2D eigenvalue weighted by molar-refractivity contribution is 0.102. The number of nitrogens with zero attached hydrogens (tertiary/aromatic N) is 1. The third-order valence-corrected chi connectivity index (χ3v) is 4.35. The molecule has 3 rings (SSSR count). The highest BCUT2D eigenvalue weighted by atomic mass is 32.1. The van der Waals surface area contributed by atoms with Crippen molar-refractivity contribution in [1.29, 1.82) is 0 Å². The molecule has 1 amide bonds. The van der Waals surface area contributed by atoms with Crippen molar-refractivity contribution in [3.8, 4) is 11.5 Å². The summed E-state index contributed by atoms with van der Waals surface area (Å²) in [7, 11) is 3.04. The lowest BCUT2D eigenvalue weighted by Crippen LogP contribution is -2.14. The minimum absolute atomic E-state index is 0.310. The maximum Gasteiger partial charge on any atom is 0.265 e. The number of carbonyl (C=O) groups excluding carboxylic acids is 1. The van der Waals surface area contributed by atoms with Gasteiger partial charge in [0.1, 0.15) is 17.1 Å². The van der Waals surface area contributed by atoms with Crippen molar-refractivity contribution in [1.82, 2.24) is 4.98 Å². The molecule has 0 bridgehead atoms. The molecule has 0 atom stereocenters. The number of methoxy groups -OCH3 is 2. The lowest BCUT2D eigenvalue weighted by atomic mass is 10.1. The highest BCUT2D eigenvalue weighted by molar-refractivity contribution is 7.22. The number of hydrogen-bond donors (Lipinski definition) is 1. The number of rotatable bonds is 4. The Balaban J connectivity index is 1.94. The highest BCUT2D eigenvalue weighted by Crippen LogP contribution is 2.31. The van der Waals surface area contributed by atoms with Gasteiger partial charge in [0.05, 0.1) is 24.4 Å². The molecule has 2 aromatic carbocycles. The van der Waals surface area contributed by atoms with Gasteiger partial charge in [-0.05, 0) is 36.8 Å². The van der Waals surface area contributed by atoms with E-state index in [2.05, 4.69) is 10.3 Å². The van der Waals surface area contributed by atoms with Crippen LogP contribution in [0.1, 0.15) is 15.9 Å². The van der Waals surface area contributed by atoms with Crippen molar-refractivity contribution in [3.05, 3.63) is 47.5 Å². The van der Waals surface area contributed by atoms with Gasteiger partial charge in [0, 0.05) is 0 Å². The van der Waals surface area contributed by atoms with Crippen molar-refractivity contribution >= 4 is 32.6 Å². The minimum Gasteiger partial charge on any atom is -0.496 e. The average molecular weight is 328 g/mol. The topological polar surface area (TPSA) is 60.5 Å². The molecule has 0 saturated carbocycles. The summed E-state index contributed by atoms with van der Waals surface area (Å²) < 4.78 is 11.6. The monoisotopic (exact) mass is 328 g/mol. The molecule has 0 aliphatic rings. The molecule has 0 radical (unpaired) electrons. The Morgan fingerprint density at radius 1 is 1.13 bits per heavy atom. The summed E-state index contributed by atoms with van der Waals surface area (Å²) in [5.41, 5.74) is 2.38. The zero-order valence-electron chi connectivity index (χ0n) is 13.0. The Morgan fingerprint density at radius 2 is 1.83 bits per heavy atom. The van der Waals surface area contributed by atoms with E-state index in [1.807, 2.05) is 25.1 Å². The molecule has 0 saturated heterocycles. The quantitative estimate of drug-likeness (QED) is 0.790. The summed E-state index contributed by atoms with van der Waals surface area (Å²) in [5.74, 6) is 0.604. The van der Waals surface area contributed by atoms with E-state index in [9.17, 15) is 4.79 Å². The van der Waals surface area contributed by atoms with Crippen molar-refractivity contribution < 1.29 is 14.3 Å². The third kappa shape index (κ3) is 2.98. The van der Waals surface area contributed by atoms with Gasteiger partial charge in [0.15, 0.2) is 5.13 Å². The Kier molecular flexibility index (Phi) is 4.16. The number of thiazole rings is 1. The molecule has 0 fully saturated rings. The van der Waals surface area contributed by atoms with E-state index in [4.69, 9.17) is 9.47 Å². The summed E-state index contributed by atoms with van der Waals surface area (Å²) in [4.78, 5) is 17.0. The van der Waals surface area contributed by atoms with Gasteiger partial charge in [-0.1, -0.05) is 23.5 Å². The number of nitrogens with one attached hydrogen (secondary N) is 1. The summed E-state index contributed by atoms with van der Waals surface area (Å²) in [6.07, 6.45) is 0. The second-order valence-corrected chi connectivity index (χ2v) is 6.01. The van der Waals surface area contributed by atoms with Gasteiger partial charge in [-0.25, -0.2) is 4.98 Å². The Labute approximate surface area is 137 Å². The number of aromatic nitrogens is 1. The SMILES string of the molecule is COc1cccc(OC)c1C(=O)Nc1nc2ccc(C)cc2s1. The second-order valence-electron chi connectivity index (χ2n) is 4.98. The Hall–Kier alpha value is -2.60. The largest absolute Gasteiger partial charge is 0.496 e. The van der Waals surface area contributed by atoms with E-state index >= 15 is 0 Å². The van der Waals surface area contributed by atoms with Crippen LogP contribution in [0.5, 0.6) is 11.5 Å². The van der Waals surface area contributed by atoms with Crippen molar-refractivity contribution in [2.24, 2.45) is 0 Å². The summed E-state index contributed by atoms with van der Waals surface area (Å²) in [5, 5.41) is 3.37.